The molecular weight excluding hydrogens is 372 g/mol. The van der Waals surface area contributed by atoms with Crippen LogP contribution in [0.5, 0.6) is 5.75 Å². The predicted octanol–water partition coefficient (Wildman–Crippen LogP) is 4.39. The van der Waals surface area contributed by atoms with Crippen LogP contribution in [0.1, 0.15) is 12.8 Å². The molecule has 0 bridgehead atoms. The molecule has 0 amide bonds. The smallest absolute Gasteiger partial charge is 0.352 e. The first-order chi connectivity index (χ1) is 13.7. The predicted molar refractivity (Wildman–Crippen MR) is 106 cm³/mol. The van der Waals surface area contributed by atoms with E-state index in [0.29, 0.717) is 12.2 Å². The van der Waals surface area contributed by atoms with E-state index in [0.717, 1.165) is 4.90 Å². The van der Waals surface area contributed by atoms with Crippen molar-refractivity contribution in [3.8, 4) is 5.75 Å². The molecule has 0 spiro atoms. The van der Waals surface area contributed by atoms with E-state index >= 15 is 0 Å². The number of rotatable bonds is 5. The Morgan fingerprint density at radius 3 is 1.86 bits per heavy atom. The number of ether oxygens (including phenoxy) is 2. The highest BCUT2D eigenvalue weighted by atomic mass is 32.2. The van der Waals surface area contributed by atoms with Gasteiger partial charge < -0.3 is 9.47 Å². The van der Waals surface area contributed by atoms with Crippen molar-refractivity contribution >= 4 is 22.8 Å². The molecule has 1 saturated heterocycles. The molecule has 1 fully saturated rings. The highest BCUT2D eigenvalue weighted by Gasteiger charge is 2.32. The van der Waals surface area contributed by atoms with Crippen LogP contribution in [-0.4, -0.2) is 18.0 Å². The summed E-state index contributed by atoms with van der Waals surface area (Å²) in [4.78, 5) is 26.9. The number of esters is 2. The van der Waals surface area contributed by atoms with Crippen LogP contribution in [0.15, 0.2) is 99.6 Å². The fourth-order valence-corrected chi connectivity index (χ4v) is 5.12. The molecule has 1 atom stereocenters. The van der Waals surface area contributed by atoms with Gasteiger partial charge in [-0.25, -0.2) is 4.79 Å². The summed E-state index contributed by atoms with van der Waals surface area (Å²) in [6.45, 7) is 0. The highest BCUT2D eigenvalue weighted by Crippen LogP contribution is 2.32. The average molecular weight is 391 g/mol. The Bertz CT molecular complexity index is 915. The lowest BCUT2D eigenvalue weighted by Crippen LogP contribution is -2.25. The molecule has 3 aromatic rings. The number of hydrogen-bond donors (Lipinski definition) is 0. The van der Waals surface area contributed by atoms with Gasteiger partial charge in [0.25, 0.3) is 0 Å². The molecule has 0 saturated carbocycles. The Hall–Kier alpha value is -3.05. The Morgan fingerprint density at radius 2 is 1.36 bits per heavy atom. The van der Waals surface area contributed by atoms with Gasteiger partial charge in [0.1, 0.15) is 5.75 Å². The van der Waals surface area contributed by atoms with Crippen molar-refractivity contribution in [2.45, 2.75) is 33.6 Å². The van der Waals surface area contributed by atoms with Gasteiger partial charge in [-0.05, 0) is 48.5 Å². The van der Waals surface area contributed by atoms with E-state index in [4.69, 9.17) is 9.47 Å². The quantitative estimate of drug-likeness (QED) is 0.368. The fourth-order valence-electron chi connectivity index (χ4n) is 3.04. The number of cyclic esters (lactones) is 1. The second-order valence-electron chi connectivity index (χ2n) is 6.34. The SMILES string of the molecule is O=C1CCC(C(=O)Oc2ccc([S+](c3ccccc3)c3ccccc3)cc2)O1. The van der Waals surface area contributed by atoms with E-state index in [1.807, 2.05) is 48.5 Å². The van der Waals surface area contributed by atoms with E-state index in [1.54, 1.807) is 12.1 Å². The summed E-state index contributed by atoms with van der Waals surface area (Å²) >= 11 is 0. The monoisotopic (exact) mass is 391 g/mol. The van der Waals surface area contributed by atoms with E-state index in [2.05, 4.69) is 24.3 Å². The second kappa shape index (κ2) is 8.31. The number of benzene rings is 3. The molecule has 1 heterocycles. The largest absolute Gasteiger partial charge is 0.450 e. The third kappa shape index (κ3) is 4.10. The standard InChI is InChI=1S/C23H19O4S/c24-22-16-15-21(27-22)23(25)26-17-11-13-20(14-12-17)28(18-7-3-1-4-8-18)19-9-5-2-6-10-19/h1-14,21H,15-16H2/q+1. The summed E-state index contributed by atoms with van der Waals surface area (Å²) in [7, 11) is -0.252. The van der Waals surface area contributed by atoms with Gasteiger partial charge in [0, 0.05) is 12.8 Å². The third-order valence-corrected chi connectivity index (χ3v) is 6.61. The molecular formula is C23H19O4S+. The van der Waals surface area contributed by atoms with Crippen LogP contribution in [-0.2, 0) is 25.2 Å². The number of carbonyl (C=O) groups excluding carboxylic acids is 2. The van der Waals surface area contributed by atoms with Gasteiger partial charge in [0.15, 0.2) is 20.8 Å². The molecule has 4 nitrogen and oxygen atoms in total. The second-order valence-corrected chi connectivity index (χ2v) is 8.37. The van der Waals surface area contributed by atoms with Crippen LogP contribution in [0.4, 0.5) is 0 Å². The lowest BCUT2D eigenvalue weighted by atomic mass is 10.2. The molecule has 0 radical (unpaired) electrons. The first-order valence-corrected chi connectivity index (χ1v) is 10.3. The van der Waals surface area contributed by atoms with Crippen LogP contribution in [0.3, 0.4) is 0 Å². The molecule has 0 aromatic heterocycles. The van der Waals surface area contributed by atoms with Crippen LogP contribution >= 0.6 is 0 Å². The van der Waals surface area contributed by atoms with Gasteiger partial charge in [-0.15, -0.1) is 0 Å². The van der Waals surface area contributed by atoms with Crippen molar-refractivity contribution in [3.05, 3.63) is 84.9 Å². The maximum atomic E-state index is 12.1. The fraction of sp³-hybridized carbons (Fsp3) is 0.130. The van der Waals surface area contributed by atoms with Gasteiger partial charge in [0.2, 0.25) is 0 Å². The van der Waals surface area contributed by atoms with Gasteiger partial charge in [-0.1, -0.05) is 36.4 Å². The molecule has 0 N–H and O–H groups in total. The van der Waals surface area contributed by atoms with E-state index in [9.17, 15) is 9.59 Å². The van der Waals surface area contributed by atoms with Crippen molar-refractivity contribution in [3.63, 3.8) is 0 Å². The average Bonchev–Trinajstić information content (AvgIpc) is 3.18. The van der Waals surface area contributed by atoms with Gasteiger partial charge >= 0.3 is 11.9 Å². The zero-order valence-electron chi connectivity index (χ0n) is 15.1. The summed E-state index contributed by atoms with van der Waals surface area (Å²) in [6, 6.07) is 28.2. The van der Waals surface area contributed by atoms with Crippen molar-refractivity contribution in [1.29, 1.82) is 0 Å². The lowest BCUT2D eigenvalue weighted by molar-refractivity contribution is -0.155. The van der Waals surface area contributed by atoms with Crippen molar-refractivity contribution < 1.29 is 19.1 Å². The number of hydrogen-bond acceptors (Lipinski definition) is 4. The molecule has 28 heavy (non-hydrogen) atoms. The summed E-state index contributed by atoms with van der Waals surface area (Å²) in [5, 5.41) is 0. The molecule has 3 aromatic carbocycles. The summed E-state index contributed by atoms with van der Waals surface area (Å²) in [6.07, 6.45) is -0.160. The first kappa shape index (κ1) is 18.3. The van der Waals surface area contributed by atoms with Crippen LogP contribution in [0.2, 0.25) is 0 Å². The zero-order valence-corrected chi connectivity index (χ0v) is 15.9. The minimum Gasteiger partial charge on any atom is -0.450 e. The van der Waals surface area contributed by atoms with E-state index < -0.39 is 12.1 Å². The maximum absolute atomic E-state index is 12.1. The molecule has 5 heteroatoms. The maximum Gasteiger partial charge on any atom is 0.352 e. The van der Waals surface area contributed by atoms with Crippen molar-refractivity contribution in [2.75, 3.05) is 0 Å². The Morgan fingerprint density at radius 1 is 0.821 bits per heavy atom. The first-order valence-electron chi connectivity index (χ1n) is 9.06. The minimum atomic E-state index is -0.796. The zero-order chi connectivity index (χ0) is 19.3. The molecule has 4 rings (SSSR count). The van der Waals surface area contributed by atoms with E-state index in [1.165, 1.54) is 9.79 Å². The van der Waals surface area contributed by atoms with Crippen LogP contribution in [0.25, 0.3) is 0 Å². The van der Waals surface area contributed by atoms with Crippen LogP contribution in [0, 0.1) is 0 Å². The highest BCUT2D eigenvalue weighted by molar-refractivity contribution is 7.97. The summed E-state index contributed by atoms with van der Waals surface area (Å²) < 4.78 is 10.3. The lowest BCUT2D eigenvalue weighted by Gasteiger charge is -2.10. The Kier molecular flexibility index (Phi) is 5.44. The summed E-state index contributed by atoms with van der Waals surface area (Å²) in [5.41, 5.74) is 0. The van der Waals surface area contributed by atoms with Gasteiger partial charge in [-0.3, -0.25) is 4.79 Å². The van der Waals surface area contributed by atoms with Crippen molar-refractivity contribution in [1.82, 2.24) is 0 Å². The third-order valence-electron chi connectivity index (χ3n) is 4.38. The number of carbonyl (C=O) groups is 2. The topological polar surface area (TPSA) is 52.6 Å². The molecule has 0 aliphatic carbocycles. The molecule has 140 valence electrons. The normalized spacial score (nSPS) is 16.0. The molecule has 1 unspecified atom stereocenters. The van der Waals surface area contributed by atoms with Crippen molar-refractivity contribution in [2.24, 2.45) is 0 Å². The Balaban J connectivity index is 1.57. The molecule has 1 aliphatic heterocycles. The van der Waals surface area contributed by atoms with Crippen LogP contribution < -0.4 is 4.74 Å². The Labute approximate surface area is 166 Å². The summed E-state index contributed by atoms with van der Waals surface area (Å²) in [5.74, 6) is -0.433. The molecule has 1 aliphatic rings. The van der Waals surface area contributed by atoms with E-state index in [-0.39, 0.29) is 23.3 Å². The van der Waals surface area contributed by atoms with Gasteiger partial charge in [-0.2, -0.15) is 0 Å². The minimum absolute atomic E-state index is 0.252. The van der Waals surface area contributed by atoms with Gasteiger partial charge in [0.05, 0.1) is 10.9 Å².